The zero-order valence-electron chi connectivity index (χ0n) is 20.9. The summed E-state index contributed by atoms with van der Waals surface area (Å²) in [7, 11) is 0. The molecule has 3 heterocycles. The van der Waals surface area contributed by atoms with Crippen molar-refractivity contribution in [3.8, 4) is 0 Å². The molecule has 3 unspecified atom stereocenters. The molecule has 0 amide bonds. The monoisotopic (exact) mass is 436 g/mol. The molecule has 1 saturated heterocycles. The zero-order chi connectivity index (χ0) is 23.7. The first-order valence-corrected chi connectivity index (χ1v) is 11.2. The lowest BCUT2D eigenvalue weighted by Gasteiger charge is -2.36. The molecule has 1 fully saturated rings. The van der Waals surface area contributed by atoms with Gasteiger partial charge in [-0.3, -0.25) is 14.3 Å². The van der Waals surface area contributed by atoms with Crippen molar-refractivity contribution in [1.82, 2.24) is 29.7 Å². The Balaban J connectivity index is 1.84. The summed E-state index contributed by atoms with van der Waals surface area (Å²) in [6, 6.07) is 0.618. The number of nitrogens with zero attached hydrogens (tertiary/aromatic N) is 4. The number of likely N-dealkylation sites (N-methyl/N-ethyl adjacent to an activating group) is 1. The minimum absolute atomic E-state index is 0.0109. The summed E-state index contributed by atoms with van der Waals surface area (Å²) in [6.07, 6.45) is 0.908. The summed E-state index contributed by atoms with van der Waals surface area (Å²) in [5.41, 5.74) is 0.534. The number of aromatic amines is 1. The van der Waals surface area contributed by atoms with E-state index >= 15 is 0 Å². The van der Waals surface area contributed by atoms with E-state index < -0.39 is 6.52 Å². The maximum atomic E-state index is 12.3. The average molecular weight is 437 g/mol. The van der Waals surface area contributed by atoms with Crippen molar-refractivity contribution in [2.75, 3.05) is 13.1 Å². The highest BCUT2D eigenvalue weighted by atomic mass is 16.6. The molecule has 0 aromatic carbocycles. The lowest BCUT2D eigenvalue weighted by molar-refractivity contribution is -0.118. The van der Waals surface area contributed by atoms with Crippen LogP contribution in [0.15, 0.2) is 11.1 Å². The van der Waals surface area contributed by atoms with E-state index in [-0.39, 0.29) is 36.1 Å². The summed E-state index contributed by atoms with van der Waals surface area (Å²) in [5.74, 6) is 0.539. The topological polar surface area (TPSA) is 97.3 Å². The number of hydrogen-bond acceptors (Lipinski definition) is 7. The third kappa shape index (κ3) is 4.84. The third-order valence-electron chi connectivity index (χ3n) is 6.03. The van der Waals surface area contributed by atoms with Gasteiger partial charge in [0.25, 0.3) is 5.56 Å². The fraction of sp³-hybridized carbons (Fsp3) is 0.773. The van der Waals surface area contributed by atoms with Crippen molar-refractivity contribution in [3.63, 3.8) is 0 Å². The third-order valence-corrected chi connectivity index (χ3v) is 6.03. The van der Waals surface area contributed by atoms with Crippen LogP contribution >= 0.6 is 0 Å². The Labute approximate surface area is 185 Å². The van der Waals surface area contributed by atoms with Gasteiger partial charge in [0.1, 0.15) is 18.3 Å². The Morgan fingerprint density at radius 1 is 1.35 bits per heavy atom. The predicted molar refractivity (Wildman–Crippen MR) is 121 cm³/mol. The number of fused-ring (bicyclic) bond motifs is 1. The number of rotatable bonds is 9. The summed E-state index contributed by atoms with van der Waals surface area (Å²) in [6.45, 7) is 16.3. The van der Waals surface area contributed by atoms with E-state index in [1.807, 2.05) is 4.57 Å². The van der Waals surface area contributed by atoms with Gasteiger partial charge in [-0.25, -0.2) is 9.97 Å². The SMILES string of the molecule is [3H]C(C)NC1[C@@H](COC(C)N(C(C)C)C(C)C)O[C@@H](n2cnc3c(=O)[nH]c(C)nc32)[C@H]1C. The van der Waals surface area contributed by atoms with Gasteiger partial charge in [0.2, 0.25) is 0 Å². The highest BCUT2D eigenvalue weighted by Crippen LogP contribution is 2.36. The van der Waals surface area contributed by atoms with E-state index in [9.17, 15) is 4.79 Å². The Hall–Kier alpha value is -1.81. The van der Waals surface area contributed by atoms with Crippen molar-refractivity contribution < 1.29 is 10.8 Å². The number of hydrogen-bond donors (Lipinski definition) is 2. The van der Waals surface area contributed by atoms with Crippen LogP contribution in [0.2, 0.25) is 0 Å². The van der Waals surface area contributed by atoms with Gasteiger partial charge in [-0.2, -0.15) is 0 Å². The number of aromatic nitrogens is 4. The highest BCUT2D eigenvalue weighted by molar-refractivity contribution is 5.69. The smallest absolute Gasteiger partial charge is 0.279 e. The second-order valence-corrected chi connectivity index (χ2v) is 8.95. The van der Waals surface area contributed by atoms with Crippen molar-refractivity contribution >= 4 is 11.2 Å². The summed E-state index contributed by atoms with van der Waals surface area (Å²) >= 11 is 0. The van der Waals surface area contributed by atoms with Crippen LogP contribution < -0.4 is 10.9 Å². The standard InChI is InChI=1S/C22H38N6O3/c1-9-23-18-14(6)22(27-11-24-19-20(27)25-15(7)26-21(19)29)31-17(18)10-30-16(8)28(12(2)3)13(4)5/h11-14,16-18,22-23H,9-10H2,1-8H3,(H,25,26,29)/t14-,16?,17+,18?,22+/m0/s1/i9T/t9?,14-,16?,17+,18?,22+. The molecule has 0 radical (unpaired) electrons. The normalized spacial score (nSPS) is 26.9. The molecule has 1 aliphatic rings. The number of nitrogens with one attached hydrogen (secondary N) is 2. The molecule has 2 aromatic heterocycles. The van der Waals surface area contributed by atoms with Crippen LogP contribution in [0.25, 0.3) is 11.2 Å². The lowest BCUT2D eigenvalue weighted by Crippen LogP contribution is -2.47. The molecule has 9 heteroatoms. The number of aryl methyl sites for hydroxylation is 1. The van der Waals surface area contributed by atoms with Gasteiger partial charge in [-0.1, -0.05) is 13.8 Å². The van der Waals surface area contributed by atoms with Crippen molar-refractivity contribution in [2.45, 2.75) is 92.1 Å². The van der Waals surface area contributed by atoms with Crippen LogP contribution in [0, 0.1) is 12.8 Å². The van der Waals surface area contributed by atoms with E-state index in [1.54, 1.807) is 20.2 Å². The molecular weight excluding hydrogens is 396 g/mol. The minimum Gasteiger partial charge on any atom is -0.361 e. The van der Waals surface area contributed by atoms with Crippen LogP contribution in [0.3, 0.4) is 0 Å². The zero-order valence-corrected chi connectivity index (χ0v) is 19.9. The van der Waals surface area contributed by atoms with Crippen LogP contribution in [-0.4, -0.2) is 68.0 Å². The molecule has 174 valence electrons. The van der Waals surface area contributed by atoms with Crippen molar-refractivity contribution in [3.05, 3.63) is 22.5 Å². The average Bonchev–Trinajstić information content (AvgIpc) is 3.21. The number of imidazole rings is 1. The van der Waals surface area contributed by atoms with Gasteiger partial charge in [0.05, 0.1) is 19.0 Å². The van der Waals surface area contributed by atoms with Crippen LogP contribution in [0.4, 0.5) is 0 Å². The van der Waals surface area contributed by atoms with Crippen molar-refractivity contribution in [1.29, 1.82) is 0 Å². The fourth-order valence-corrected chi connectivity index (χ4v) is 4.80. The summed E-state index contributed by atoms with van der Waals surface area (Å²) < 4.78 is 22.6. The Morgan fingerprint density at radius 2 is 2.03 bits per heavy atom. The van der Waals surface area contributed by atoms with E-state index in [0.29, 0.717) is 35.7 Å². The fourth-order valence-electron chi connectivity index (χ4n) is 4.80. The number of ether oxygens (including phenoxy) is 2. The molecule has 0 spiro atoms. The maximum Gasteiger partial charge on any atom is 0.279 e. The van der Waals surface area contributed by atoms with E-state index in [4.69, 9.17) is 10.8 Å². The molecule has 0 saturated carbocycles. The Kier molecular flexibility index (Phi) is 7.05. The molecular formula is C22H38N6O3. The molecule has 6 atom stereocenters. The van der Waals surface area contributed by atoms with E-state index in [0.717, 1.165) is 0 Å². The maximum absolute atomic E-state index is 12.3. The van der Waals surface area contributed by atoms with Gasteiger partial charge in [0, 0.05) is 25.4 Å². The first kappa shape index (κ1) is 22.4. The second kappa shape index (κ2) is 9.77. The molecule has 3 rings (SSSR count). The molecule has 1 aliphatic heterocycles. The van der Waals surface area contributed by atoms with Gasteiger partial charge in [-0.15, -0.1) is 0 Å². The number of H-pyrrole nitrogens is 1. The van der Waals surface area contributed by atoms with Crippen LogP contribution in [0.5, 0.6) is 0 Å². The van der Waals surface area contributed by atoms with E-state index in [1.165, 1.54) is 0 Å². The Bertz CT molecular complexity index is 951. The molecule has 0 aliphatic carbocycles. The Morgan fingerprint density at radius 3 is 2.65 bits per heavy atom. The highest BCUT2D eigenvalue weighted by Gasteiger charge is 2.43. The second-order valence-electron chi connectivity index (χ2n) is 8.95. The summed E-state index contributed by atoms with van der Waals surface area (Å²) in [5, 5.41) is 3.33. The predicted octanol–water partition coefficient (Wildman–Crippen LogP) is 2.42. The van der Waals surface area contributed by atoms with Gasteiger partial charge >= 0.3 is 0 Å². The van der Waals surface area contributed by atoms with Gasteiger partial charge in [-0.05, 0) is 48.1 Å². The largest absolute Gasteiger partial charge is 0.361 e. The lowest BCUT2D eigenvalue weighted by atomic mass is 9.99. The molecule has 0 bridgehead atoms. The molecule has 31 heavy (non-hydrogen) atoms. The van der Waals surface area contributed by atoms with Crippen LogP contribution in [0.1, 0.15) is 61.9 Å². The first-order chi connectivity index (χ1) is 15.0. The van der Waals surface area contributed by atoms with E-state index in [2.05, 4.69) is 66.7 Å². The minimum atomic E-state index is -0.449. The van der Waals surface area contributed by atoms with Gasteiger partial charge < -0.3 is 19.8 Å². The summed E-state index contributed by atoms with van der Waals surface area (Å²) in [4.78, 5) is 26.0. The quantitative estimate of drug-likeness (QED) is 0.583. The molecule has 9 nitrogen and oxygen atoms in total. The molecule has 2 N–H and O–H groups in total. The van der Waals surface area contributed by atoms with Gasteiger partial charge in [0.15, 0.2) is 11.2 Å². The van der Waals surface area contributed by atoms with Crippen molar-refractivity contribution in [2.24, 2.45) is 5.92 Å². The van der Waals surface area contributed by atoms with Crippen LogP contribution in [-0.2, 0) is 9.47 Å². The first-order valence-electron chi connectivity index (χ1n) is 11.7. The molecule has 2 aromatic rings.